The number of rotatable bonds is 4. The minimum atomic E-state index is -0.304. The lowest BCUT2D eigenvalue weighted by molar-refractivity contribution is -0.117. The summed E-state index contributed by atoms with van der Waals surface area (Å²) in [6.45, 7) is 2.00. The van der Waals surface area contributed by atoms with Gasteiger partial charge in [0.15, 0.2) is 0 Å². The van der Waals surface area contributed by atoms with Crippen LogP contribution in [-0.2, 0) is 17.6 Å². The predicted octanol–water partition coefficient (Wildman–Crippen LogP) is 4.25. The molecular weight excluding hydrogens is 307 g/mol. The number of ketones is 1. The first kappa shape index (κ1) is 13.9. The fraction of sp³-hybridized carbons (Fsp3) is 0.188. The van der Waals surface area contributed by atoms with Gasteiger partial charge in [-0.3, -0.25) is 4.79 Å². The lowest BCUT2D eigenvalue weighted by Crippen LogP contribution is -2.07. The highest BCUT2D eigenvalue weighted by Gasteiger charge is 2.09. The SMILES string of the molecule is Cc1cccc(CC(=O)Cc2ccc(F)cc2Br)c1. The first-order valence-electron chi connectivity index (χ1n) is 6.06. The summed E-state index contributed by atoms with van der Waals surface area (Å²) in [5, 5.41) is 0. The van der Waals surface area contributed by atoms with Crippen LogP contribution >= 0.6 is 15.9 Å². The predicted molar refractivity (Wildman–Crippen MR) is 77.7 cm³/mol. The van der Waals surface area contributed by atoms with E-state index in [1.807, 2.05) is 31.2 Å². The first-order valence-corrected chi connectivity index (χ1v) is 6.85. The van der Waals surface area contributed by atoms with E-state index in [0.717, 1.165) is 16.7 Å². The number of hydrogen-bond acceptors (Lipinski definition) is 1. The Morgan fingerprint density at radius 2 is 1.95 bits per heavy atom. The molecule has 0 aromatic heterocycles. The van der Waals surface area contributed by atoms with E-state index >= 15 is 0 Å². The zero-order valence-electron chi connectivity index (χ0n) is 10.6. The number of halogens is 2. The zero-order valence-corrected chi connectivity index (χ0v) is 12.2. The van der Waals surface area contributed by atoms with Crippen molar-refractivity contribution in [3.8, 4) is 0 Å². The molecule has 0 fully saturated rings. The van der Waals surface area contributed by atoms with Crippen LogP contribution in [0.1, 0.15) is 16.7 Å². The van der Waals surface area contributed by atoms with E-state index in [4.69, 9.17) is 0 Å². The van der Waals surface area contributed by atoms with Crippen molar-refractivity contribution < 1.29 is 9.18 Å². The van der Waals surface area contributed by atoms with E-state index in [2.05, 4.69) is 15.9 Å². The molecule has 0 atom stereocenters. The van der Waals surface area contributed by atoms with Crippen LogP contribution in [0.25, 0.3) is 0 Å². The zero-order chi connectivity index (χ0) is 13.8. The number of carbonyl (C=O) groups is 1. The van der Waals surface area contributed by atoms with Gasteiger partial charge >= 0.3 is 0 Å². The van der Waals surface area contributed by atoms with Crippen LogP contribution in [0.15, 0.2) is 46.9 Å². The summed E-state index contributed by atoms with van der Waals surface area (Å²) in [5.74, 6) is -0.181. The summed E-state index contributed by atoms with van der Waals surface area (Å²) in [6, 6.07) is 12.3. The molecule has 0 N–H and O–H groups in total. The van der Waals surface area contributed by atoms with Crippen LogP contribution in [0.3, 0.4) is 0 Å². The highest BCUT2D eigenvalue weighted by Crippen LogP contribution is 2.19. The van der Waals surface area contributed by atoms with E-state index in [0.29, 0.717) is 17.3 Å². The molecule has 0 bridgehead atoms. The van der Waals surface area contributed by atoms with Gasteiger partial charge in [0.1, 0.15) is 11.6 Å². The van der Waals surface area contributed by atoms with Gasteiger partial charge in [0.25, 0.3) is 0 Å². The molecule has 19 heavy (non-hydrogen) atoms. The largest absolute Gasteiger partial charge is 0.299 e. The van der Waals surface area contributed by atoms with Crippen molar-refractivity contribution in [2.45, 2.75) is 19.8 Å². The molecule has 0 heterocycles. The molecule has 0 unspecified atom stereocenters. The Morgan fingerprint density at radius 3 is 2.63 bits per heavy atom. The molecule has 0 aliphatic carbocycles. The van der Waals surface area contributed by atoms with E-state index in [-0.39, 0.29) is 11.6 Å². The molecule has 2 rings (SSSR count). The lowest BCUT2D eigenvalue weighted by atomic mass is 10.0. The van der Waals surface area contributed by atoms with Gasteiger partial charge in [-0.2, -0.15) is 0 Å². The standard InChI is InChI=1S/C16H14BrFO/c1-11-3-2-4-12(7-11)8-15(19)9-13-5-6-14(18)10-16(13)17/h2-7,10H,8-9H2,1H3. The van der Waals surface area contributed by atoms with Crippen molar-refractivity contribution >= 4 is 21.7 Å². The van der Waals surface area contributed by atoms with Crippen molar-refractivity contribution in [1.82, 2.24) is 0 Å². The second-order valence-corrected chi connectivity index (χ2v) is 5.47. The Balaban J connectivity index is 2.05. The van der Waals surface area contributed by atoms with Crippen molar-refractivity contribution in [3.05, 3.63) is 69.4 Å². The van der Waals surface area contributed by atoms with Crippen molar-refractivity contribution in [2.24, 2.45) is 0 Å². The monoisotopic (exact) mass is 320 g/mol. The molecule has 0 saturated heterocycles. The van der Waals surface area contributed by atoms with Gasteiger partial charge in [0.05, 0.1) is 0 Å². The third-order valence-corrected chi connectivity index (χ3v) is 3.62. The highest BCUT2D eigenvalue weighted by molar-refractivity contribution is 9.10. The van der Waals surface area contributed by atoms with Gasteiger partial charge < -0.3 is 0 Å². The Kier molecular flexibility index (Phi) is 4.48. The van der Waals surface area contributed by atoms with Crippen LogP contribution in [0, 0.1) is 12.7 Å². The third kappa shape index (κ3) is 4.00. The van der Waals surface area contributed by atoms with Crippen molar-refractivity contribution in [1.29, 1.82) is 0 Å². The third-order valence-electron chi connectivity index (χ3n) is 2.89. The summed E-state index contributed by atoms with van der Waals surface area (Å²) in [4.78, 5) is 12.0. The van der Waals surface area contributed by atoms with Crippen LogP contribution in [0.4, 0.5) is 4.39 Å². The van der Waals surface area contributed by atoms with Crippen LogP contribution in [-0.4, -0.2) is 5.78 Å². The van der Waals surface area contributed by atoms with Gasteiger partial charge in [-0.1, -0.05) is 51.8 Å². The van der Waals surface area contributed by atoms with E-state index in [9.17, 15) is 9.18 Å². The molecule has 2 aromatic carbocycles. The van der Waals surface area contributed by atoms with Crippen LogP contribution in [0.5, 0.6) is 0 Å². The molecule has 0 aliphatic rings. The second kappa shape index (κ2) is 6.11. The average Bonchev–Trinajstić information content (AvgIpc) is 2.33. The highest BCUT2D eigenvalue weighted by atomic mass is 79.9. The quantitative estimate of drug-likeness (QED) is 0.823. The summed E-state index contributed by atoms with van der Waals surface area (Å²) in [5.41, 5.74) is 2.98. The topological polar surface area (TPSA) is 17.1 Å². The average molecular weight is 321 g/mol. The Bertz CT molecular complexity index is 607. The molecule has 98 valence electrons. The van der Waals surface area contributed by atoms with Crippen LogP contribution < -0.4 is 0 Å². The first-order chi connectivity index (χ1) is 9.04. The Morgan fingerprint density at radius 1 is 1.16 bits per heavy atom. The summed E-state index contributed by atoms with van der Waals surface area (Å²) in [7, 11) is 0. The molecule has 2 aromatic rings. The van der Waals surface area contributed by atoms with Gasteiger partial charge in [0, 0.05) is 17.3 Å². The number of benzene rings is 2. The Hall–Kier alpha value is -1.48. The maximum Gasteiger partial charge on any atom is 0.141 e. The van der Waals surface area contributed by atoms with Gasteiger partial charge in [0.2, 0.25) is 0 Å². The second-order valence-electron chi connectivity index (χ2n) is 4.62. The maximum absolute atomic E-state index is 13.0. The van der Waals surface area contributed by atoms with Gasteiger partial charge in [-0.15, -0.1) is 0 Å². The maximum atomic E-state index is 13.0. The van der Waals surface area contributed by atoms with E-state index < -0.39 is 0 Å². The molecule has 3 heteroatoms. The fourth-order valence-corrected chi connectivity index (χ4v) is 2.48. The van der Waals surface area contributed by atoms with E-state index in [1.165, 1.54) is 12.1 Å². The van der Waals surface area contributed by atoms with Gasteiger partial charge in [-0.05, 0) is 30.2 Å². The summed E-state index contributed by atoms with van der Waals surface area (Å²) in [6.07, 6.45) is 0.723. The van der Waals surface area contributed by atoms with Gasteiger partial charge in [-0.25, -0.2) is 4.39 Å². The normalized spacial score (nSPS) is 10.5. The molecule has 0 amide bonds. The van der Waals surface area contributed by atoms with Crippen molar-refractivity contribution in [2.75, 3.05) is 0 Å². The molecule has 1 nitrogen and oxygen atoms in total. The van der Waals surface area contributed by atoms with Crippen LogP contribution in [0.2, 0.25) is 0 Å². The molecule has 0 saturated carbocycles. The summed E-state index contributed by atoms with van der Waals surface area (Å²) < 4.78 is 13.6. The number of carbonyl (C=O) groups excluding carboxylic acids is 1. The summed E-state index contributed by atoms with van der Waals surface area (Å²) >= 11 is 3.28. The Labute approximate surface area is 120 Å². The van der Waals surface area contributed by atoms with Crippen molar-refractivity contribution in [3.63, 3.8) is 0 Å². The number of Topliss-reactive ketones (excluding diaryl/α,β-unsaturated/α-hetero) is 1. The molecule has 0 spiro atoms. The fourth-order valence-electron chi connectivity index (χ4n) is 1.99. The molecular formula is C16H14BrFO. The minimum Gasteiger partial charge on any atom is -0.299 e. The van der Waals surface area contributed by atoms with E-state index in [1.54, 1.807) is 6.07 Å². The molecule has 0 aliphatic heterocycles. The smallest absolute Gasteiger partial charge is 0.141 e. The minimum absolute atomic E-state index is 0.123. The number of hydrogen-bond donors (Lipinski definition) is 0. The molecule has 0 radical (unpaired) electrons. The number of aryl methyl sites for hydroxylation is 1. The lowest BCUT2D eigenvalue weighted by Gasteiger charge is -2.05.